The fourth-order valence-electron chi connectivity index (χ4n) is 1.54. The van der Waals surface area contributed by atoms with Gasteiger partial charge >= 0.3 is 0 Å². The van der Waals surface area contributed by atoms with Crippen molar-refractivity contribution in [1.29, 1.82) is 5.26 Å². The Morgan fingerprint density at radius 3 is 2.83 bits per heavy atom. The van der Waals surface area contributed by atoms with Gasteiger partial charge in [-0.2, -0.15) is 10.4 Å². The summed E-state index contributed by atoms with van der Waals surface area (Å²) >= 11 is 0. The van der Waals surface area contributed by atoms with Gasteiger partial charge in [-0.15, -0.1) is 0 Å². The van der Waals surface area contributed by atoms with Crippen molar-refractivity contribution in [1.82, 2.24) is 14.8 Å². The van der Waals surface area contributed by atoms with E-state index in [4.69, 9.17) is 16.7 Å². The Morgan fingerprint density at radius 2 is 2.28 bits per heavy atom. The van der Waals surface area contributed by atoms with Crippen molar-refractivity contribution >= 4 is 11.6 Å². The third kappa shape index (κ3) is 1.76. The van der Waals surface area contributed by atoms with Gasteiger partial charge in [-0.3, -0.25) is 4.79 Å². The predicted molar refractivity (Wildman–Crippen MR) is 63.7 cm³/mol. The van der Waals surface area contributed by atoms with Crippen LogP contribution in [0.1, 0.15) is 21.6 Å². The zero-order chi connectivity index (χ0) is 13.3. The smallest absolute Gasteiger partial charge is 0.271 e. The van der Waals surface area contributed by atoms with E-state index in [1.165, 1.54) is 10.9 Å². The highest BCUT2D eigenvalue weighted by Crippen LogP contribution is 2.17. The van der Waals surface area contributed by atoms with Crippen LogP contribution in [0.5, 0.6) is 0 Å². The molecule has 0 spiro atoms. The van der Waals surface area contributed by atoms with Crippen LogP contribution in [-0.4, -0.2) is 20.7 Å². The molecular formula is C11H10N6O. The molecule has 0 saturated heterocycles. The SMILES string of the molecule is Cc1ccnc(-n2cc(N)c(C(N)=O)n2)c1C#N. The van der Waals surface area contributed by atoms with Crippen LogP contribution in [0, 0.1) is 18.3 Å². The number of aryl methyl sites for hydroxylation is 1. The summed E-state index contributed by atoms with van der Waals surface area (Å²) < 4.78 is 1.28. The Labute approximate surface area is 103 Å². The third-order valence-corrected chi connectivity index (χ3v) is 2.44. The molecule has 4 N–H and O–H groups in total. The molecule has 2 aromatic heterocycles. The summed E-state index contributed by atoms with van der Waals surface area (Å²) in [6, 6.07) is 3.75. The number of nitrogens with two attached hydrogens (primary N) is 2. The minimum atomic E-state index is -0.725. The van der Waals surface area contributed by atoms with E-state index in [2.05, 4.69) is 10.1 Å². The van der Waals surface area contributed by atoms with Crippen molar-refractivity contribution in [3.63, 3.8) is 0 Å². The number of rotatable bonds is 2. The zero-order valence-corrected chi connectivity index (χ0v) is 9.58. The molecule has 0 bridgehead atoms. The predicted octanol–water partition coefficient (Wildman–Crippen LogP) is 0.128. The molecule has 7 heteroatoms. The number of nitriles is 1. The topological polar surface area (TPSA) is 124 Å². The largest absolute Gasteiger partial charge is 0.396 e. The number of nitrogens with zero attached hydrogens (tertiary/aromatic N) is 4. The van der Waals surface area contributed by atoms with Crippen LogP contribution in [0.15, 0.2) is 18.5 Å². The number of amides is 1. The molecule has 2 rings (SSSR count). The molecule has 18 heavy (non-hydrogen) atoms. The van der Waals surface area contributed by atoms with Gasteiger partial charge in [0.05, 0.1) is 17.4 Å². The van der Waals surface area contributed by atoms with Crippen LogP contribution in [-0.2, 0) is 0 Å². The van der Waals surface area contributed by atoms with Gasteiger partial charge in [0, 0.05) is 6.20 Å². The monoisotopic (exact) mass is 242 g/mol. The van der Waals surface area contributed by atoms with Gasteiger partial charge < -0.3 is 11.5 Å². The number of nitrogen functional groups attached to an aromatic ring is 1. The lowest BCUT2D eigenvalue weighted by Gasteiger charge is -2.04. The lowest BCUT2D eigenvalue weighted by Crippen LogP contribution is -2.14. The first-order chi connectivity index (χ1) is 8.54. The highest BCUT2D eigenvalue weighted by Gasteiger charge is 2.15. The second kappa shape index (κ2) is 4.18. The van der Waals surface area contributed by atoms with Gasteiger partial charge in [0.25, 0.3) is 5.91 Å². The van der Waals surface area contributed by atoms with Crippen molar-refractivity contribution in [2.75, 3.05) is 5.73 Å². The molecule has 1 amide bonds. The van der Waals surface area contributed by atoms with Gasteiger partial charge in [-0.25, -0.2) is 9.67 Å². The molecule has 0 atom stereocenters. The molecule has 0 fully saturated rings. The standard InChI is InChI=1S/C11H10N6O/c1-6-2-3-15-11(7(6)4-12)17-5-8(13)9(16-17)10(14)18/h2-3,5H,13H2,1H3,(H2,14,18). The molecule has 0 aliphatic carbocycles. The molecule has 2 aromatic rings. The molecule has 7 nitrogen and oxygen atoms in total. The number of carbonyl (C=O) groups excluding carboxylic acids is 1. The Bertz CT molecular complexity index is 667. The highest BCUT2D eigenvalue weighted by molar-refractivity contribution is 5.95. The number of hydrogen-bond donors (Lipinski definition) is 2. The zero-order valence-electron chi connectivity index (χ0n) is 9.58. The average Bonchev–Trinajstić information content (AvgIpc) is 2.71. The van der Waals surface area contributed by atoms with E-state index in [9.17, 15) is 4.79 Å². The van der Waals surface area contributed by atoms with E-state index in [0.29, 0.717) is 11.4 Å². The van der Waals surface area contributed by atoms with Crippen molar-refractivity contribution in [2.24, 2.45) is 5.73 Å². The third-order valence-electron chi connectivity index (χ3n) is 2.44. The highest BCUT2D eigenvalue weighted by atomic mass is 16.1. The quantitative estimate of drug-likeness (QED) is 0.774. The summed E-state index contributed by atoms with van der Waals surface area (Å²) in [6.07, 6.45) is 2.95. The van der Waals surface area contributed by atoms with E-state index in [1.807, 2.05) is 6.07 Å². The maximum atomic E-state index is 11.1. The van der Waals surface area contributed by atoms with Crippen LogP contribution in [0.3, 0.4) is 0 Å². The summed E-state index contributed by atoms with van der Waals surface area (Å²) in [5.41, 5.74) is 12.0. The Kier molecular flexibility index (Phi) is 2.69. The van der Waals surface area contributed by atoms with E-state index in [0.717, 1.165) is 5.56 Å². The maximum Gasteiger partial charge on any atom is 0.271 e. The van der Waals surface area contributed by atoms with Crippen LogP contribution >= 0.6 is 0 Å². The molecular weight excluding hydrogens is 232 g/mol. The van der Waals surface area contributed by atoms with Gasteiger partial charge in [-0.1, -0.05) is 0 Å². The lowest BCUT2D eigenvalue weighted by atomic mass is 10.1. The molecule has 0 unspecified atom stereocenters. The summed E-state index contributed by atoms with van der Waals surface area (Å²) in [6.45, 7) is 1.78. The van der Waals surface area contributed by atoms with Crippen molar-refractivity contribution in [3.05, 3.63) is 35.3 Å². The van der Waals surface area contributed by atoms with E-state index in [1.54, 1.807) is 19.2 Å². The van der Waals surface area contributed by atoms with Crippen molar-refractivity contribution < 1.29 is 4.79 Å². The molecule has 2 heterocycles. The first-order valence-corrected chi connectivity index (χ1v) is 5.05. The Balaban J connectivity index is 2.64. The van der Waals surface area contributed by atoms with Gasteiger partial charge in [-0.05, 0) is 18.6 Å². The summed E-state index contributed by atoms with van der Waals surface area (Å²) in [7, 11) is 0. The molecule has 0 aliphatic heterocycles. The second-order valence-electron chi connectivity index (χ2n) is 3.68. The number of hydrogen-bond acceptors (Lipinski definition) is 5. The summed E-state index contributed by atoms with van der Waals surface area (Å²) in [4.78, 5) is 15.1. The van der Waals surface area contributed by atoms with Gasteiger partial charge in [0.2, 0.25) is 0 Å². The summed E-state index contributed by atoms with van der Waals surface area (Å²) in [5, 5.41) is 13.0. The van der Waals surface area contributed by atoms with Crippen LogP contribution in [0.25, 0.3) is 5.82 Å². The Morgan fingerprint density at radius 1 is 1.56 bits per heavy atom. The fourth-order valence-corrected chi connectivity index (χ4v) is 1.54. The number of primary amides is 1. The second-order valence-corrected chi connectivity index (χ2v) is 3.68. The minimum absolute atomic E-state index is 0.0396. The molecule has 0 aliphatic rings. The maximum absolute atomic E-state index is 11.1. The first kappa shape index (κ1) is 11.6. The van der Waals surface area contributed by atoms with E-state index < -0.39 is 5.91 Å². The van der Waals surface area contributed by atoms with Gasteiger partial charge in [0.1, 0.15) is 6.07 Å². The fraction of sp³-hybridized carbons (Fsp3) is 0.0909. The first-order valence-electron chi connectivity index (χ1n) is 5.05. The van der Waals surface area contributed by atoms with Crippen molar-refractivity contribution in [2.45, 2.75) is 6.92 Å². The number of carbonyl (C=O) groups is 1. The van der Waals surface area contributed by atoms with Crippen LogP contribution in [0.2, 0.25) is 0 Å². The van der Waals surface area contributed by atoms with E-state index in [-0.39, 0.29) is 11.4 Å². The Hall–Kier alpha value is -2.88. The van der Waals surface area contributed by atoms with E-state index >= 15 is 0 Å². The van der Waals surface area contributed by atoms with Crippen LogP contribution in [0.4, 0.5) is 5.69 Å². The van der Waals surface area contributed by atoms with Crippen molar-refractivity contribution in [3.8, 4) is 11.9 Å². The summed E-state index contributed by atoms with van der Waals surface area (Å²) in [5.74, 6) is -0.408. The molecule has 0 radical (unpaired) electrons. The average molecular weight is 242 g/mol. The number of aromatic nitrogens is 3. The lowest BCUT2D eigenvalue weighted by molar-refractivity contribution is 0.0996. The normalized spacial score (nSPS) is 10.0. The number of anilines is 1. The van der Waals surface area contributed by atoms with Gasteiger partial charge in [0.15, 0.2) is 11.5 Å². The molecule has 0 saturated carbocycles. The molecule has 0 aromatic carbocycles. The number of pyridine rings is 1. The van der Waals surface area contributed by atoms with Crippen LogP contribution < -0.4 is 11.5 Å². The minimum Gasteiger partial charge on any atom is -0.396 e. The molecule has 90 valence electrons.